The number of hydrogen-bond donors (Lipinski definition) is 1. The first-order valence-corrected chi connectivity index (χ1v) is 5.60. The van der Waals surface area contributed by atoms with Crippen LogP contribution in [0.4, 0.5) is 5.82 Å². The van der Waals surface area contributed by atoms with Crippen LogP contribution in [0.1, 0.15) is 19.5 Å². The summed E-state index contributed by atoms with van der Waals surface area (Å²) in [6, 6.07) is 7.19. The van der Waals surface area contributed by atoms with E-state index in [4.69, 9.17) is 5.26 Å². The molecule has 5 heteroatoms. The van der Waals surface area contributed by atoms with Crippen LogP contribution >= 0.6 is 0 Å². The molecule has 0 fully saturated rings. The standard InChI is InChI=1S/C12H16N4O/c1-3-14-12(17)9-16(4-2)11-7-5-6-10(8-13)15-11/h5-7H,3-4,9H2,1-2H3,(H,14,17). The molecule has 0 saturated heterocycles. The lowest BCUT2D eigenvalue weighted by molar-refractivity contribution is -0.119. The van der Waals surface area contributed by atoms with Crippen LogP contribution in [-0.4, -0.2) is 30.5 Å². The fraction of sp³-hybridized carbons (Fsp3) is 0.417. The Morgan fingerprint density at radius 1 is 1.53 bits per heavy atom. The number of amides is 1. The van der Waals surface area contributed by atoms with Gasteiger partial charge >= 0.3 is 0 Å². The van der Waals surface area contributed by atoms with Gasteiger partial charge in [0.25, 0.3) is 0 Å². The van der Waals surface area contributed by atoms with Crippen LogP contribution in [0, 0.1) is 11.3 Å². The predicted octanol–water partition coefficient (Wildman–Crippen LogP) is 0.916. The Kier molecular flexibility index (Phi) is 4.95. The molecule has 0 aliphatic heterocycles. The Morgan fingerprint density at radius 2 is 2.29 bits per heavy atom. The summed E-state index contributed by atoms with van der Waals surface area (Å²) in [7, 11) is 0. The Morgan fingerprint density at radius 3 is 2.88 bits per heavy atom. The molecule has 1 amide bonds. The molecule has 1 aromatic rings. The summed E-state index contributed by atoms with van der Waals surface area (Å²) < 4.78 is 0. The van der Waals surface area contributed by atoms with Gasteiger partial charge in [0.15, 0.2) is 0 Å². The first-order valence-electron chi connectivity index (χ1n) is 5.60. The van der Waals surface area contributed by atoms with Crippen LogP contribution in [-0.2, 0) is 4.79 Å². The van der Waals surface area contributed by atoms with Crippen molar-refractivity contribution in [2.75, 3.05) is 24.5 Å². The Balaban J connectivity index is 2.79. The third kappa shape index (κ3) is 3.76. The maximum Gasteiger partial charge on any atom is 0.239 e. The van der Waals surface area contributed by atoms with Crippen molar-refractivity contribution in [3.05, 3.63) is 23.9 Å². The molecule has 0 radical (unpaired) electrons. The van der Waals surface area contributed by atoms with Gasteiger partial charge in [0.2, 0.25) is 5.91 Å². The summed E-state index contributed by atoms with van der Waals surface area (Å²) in [5, 5.41) is 11.5. The number of carbonyl (C=O) groups is 1. The van der Waals surface area contributed by atoms with E-state index in [0.29, 0.717) is 24.6 Å². The monoisotopic (exact) mass is 232 g/mol. The van der Waals surface area contributed by atoms with Gasteiger partial charge < -0.3 is 10.2 Å². The minimum absolute atomic E-state index is 0.0430. The van der Waals surface area contributed by atoms with Gasteiger partial charge in [-0.2, -0.15) is 5.26 Å². The van der Waals surface area contributed by atoms with Crippen molar-refractivity contribution in [3.63, 3.8) is 0 Å². The maximum absolute atomic E-state index is 11.5. The third-order valence-corrected chi connectivity index (χ3v) is 2.26. The lowest BCUT2D eigenvalue weighted by Gasteiger charge is -2.21. The van der Waals surface area contributed by atoms with Crippen molar-refractivity contribution in [2.45, 2.75) is 13.8 Å². The zero-order chi connectivity index (χ0) is 12.7. The lowest BCUT2D eigenvalue weighted by atomic mass is 10.3. The minimum Gasteiger partial charge on any atom is -0.355 e. The highest BCUT2D eigenvalue weighted by molar-refractivity contribution is 5.80. The van der Waals surface area contributed by atoms with Crippen LogP contribution in [0.5, 0.6) is 0 Å². The van der Waals surface area contributed by atoms with Gasteiger partial charge in [0, 0.05) is 13.1 Å². The van der Waals surface area contributed by atoms with Gasteiger partial charge in [-0.1, -0.05) is 6.07 Å². The van der Waals surface area contributed by atoms with E-state index in [1.807, 2.05) is 24.8 Å². The fourth-order valence-corrected chi connectivity index (χ4v) is 1.44. The predicted molar refractivity (Wildman–Crippen MR) is 65.5 cm³/mol. The lowest BCUT2D eigenvalue weighted by Crippen LogP contribution is -2.37. The Labute approximate surface area is 101 Å². The van der Waals surface area contributed by atoms with Crippen LogP contribution in [0.3, 0.4) is 0 Å². The number of nitrogens with zero attached hydrogens (tertiary/aromatic N) is 3. The molecule has 1 heterocycles. The second-order valence-corrected chi connectivity index (χ2v) is 3.46. The molecule has 90 valence electrons. The van der Waals surface area contributed by atoms with E-state index >= 15 is 0 Å². The summed E-state index contributed by atoms with van der Waals surface area (Å²) in [6.45, 7) is 5.36. The molecule has 1 rings (SSSR count). The molecule has 0 atom stereocenters. The normalized spacial score (nSPS) is 9.47. The van der Waals surface area contributed by atoms with Crippen molar-refractivity contribution < 1.29 is 4.79 Å². The Hall–Kier alpha value is -2.09. The number of likely N-dealkylation sites (N-methyl/N-ethyl adjacent to an activating group) is 2. The van der Waals surface area contributed by atoms with Gasteiger partial charge in [0.1, 0.15) is 17.6 Å². The highest BCUT2D eigenvalue weighted by Crippen LogP contribution is 2.10. The second kappa shape index (κ2) is 6.48. The maximum atomic E-state index is 11.5. The van der Waals surface area contributed by atoms with E-state index in [2.05, 4.69) is 10.3 Å². The number of hydrogen-bond acceptors (Lipinski definition) is 4. The largest absolute Gasteiger partial charge is 0.355 e. The number of carbonyl (C=O) groups excluding carboxylic acids is 1. The average Bonchev–Trinajstić information content (AvgIpc) is 2.36. The molecule has 0 saturated carbocycles. The minimum atomic E-state index is -0.0430. The molecule has 1 N–H and O–H groups in total. The fourth-order valence-electron chi connectivity index (χ4n) is 1.44. The number of anilines is 1. The summed E-state index contributed by atoms with van der Waals surface area (Å²) in [4.78, 5) is 17.5. The zero-order valence-electron chi connectivity index (χ0n) is 10.1. The van der Waals surface area contributed by atoms with E-state index in [1.165, 1.54) is 0 Å². The molecular weight excluding hydrogens is 216 g/mol. The van der Waals surface area contributed by atoms with Crippen molar-refractivity contribution in [1.29, 1.82) is 5.26 Å². The van der Waals surface area contributed by atoms with Crippen molar-refractivity contribution >= 4 is 11.7 Å². The van der Waals surface area contributed by atoms with Crippen LogP contribution in [0.15, 0.2) is 18.2 Å². The second-order valence-electron chi connectivity index (χ2n) is 3.46. The summed E-state index contributed by atoms with van der Waals surface area (Å²) in [5.74, 6) is 0.608. The van der Waals surface area contributed by atoms with Crippen LogP contribution in [0.2, 0.25) is 0 Å². The summed E-state index contributed by atoms with van der Waals surface area (Å²) in [5.41, 5.74) is 0.358. The van der Waals surface area contributed by atoms with E-state index < -0.39 is 0 Å². The molecule has 0 bridgehead atoms. The molecule has 0 aromatic carbocycles. The van der Waals surface area contributed by atoms with Gasteiger partial charge in [-0.25, -0.2) is 4.98 Å². The first kappa shape index (κ1) is 13.0. The van der Waals surface area contributed by atoms with Gasteiger partial charge in [-0.15, -0.1) is 0 Å². The molecular formula is C12H16N4O. The summed E-state index contributed by atoms with van der Waals surface area (Å²) >= 11 is 0. The van der Waals surface area contributed by atoms with Crippen molar-refractivity contribution in [2.24, 2.45) is 0 Å². The number of rotatable bonds is 5. The smallest absolute Gasteiger partial charge is 0.239 e. The van der Waals surface area contributed by atoms with Crippen LogP contribution in [0.25, 0.3) is 0 Å². The van der Waals surface area contributed by atoms with Gasteiger partial charge in [-0.05, 0) is 26.0 Å². The van der Waals surface area contributed by atoms with E-state index in [0.717, 1.165) is 0 Å². The van der Waals surface area contributed by atoms with Crippen molar-refractivity contribution in [3.8, 4) is 6.07 Å². The average molecular weight is 232 g/mol. The molecule has 0 spiro atoms. The number of aromatic nitrogens is 1. The molecule has 0 aliphatic rings. The van der Waals surface area contributed by atoms with Crippen LogP contribution < -0.4 is 10.2 Å². The molecule has 0 aliphatic carbocycles. The third-order valence-electron chi connectivity index (χ3n) is 2.26. The highest BCUT2D eigenvalue weighted by Gasteiger charge is 2.10. The summed E-state index contributed by atoms with van der Waals surface area (Å²) in [6.07, 6.45) is 0. The SMILES string of the molecule is CCNC(=O)CN(CC)c1cccc(C#N)n1. The molecule has 0 unspecified atom stereocenters. The highest BCUT2D eigenvalue weighted by atomic mass is 16.2. The number of nitriles is 1. The Bertz CT molecular complexity index is 425. The number of pyridine rings is 1. The topological polar surface area (TPSA) is 69.0 Å². The molecule has 17 heavy (non-hydrogen) atoms. The van der Waals surface area contributed by atoms with E-state index in [9.17, 15) is 4.79 Å². The first-order chi connectivity index (χ1) is 8.21. The van der Waals surface area contributed by atoms with Crippen molar-refractivity contribution in [1.82, 2.24) is 10.3 Å². The quantitative estimate of drug-likeness (QED) is 0.819. The zero-order valence-corrected chi connectivity index (χ0v) is 10.1. The van der Waals surface area contributed by atoms with Gasteiger partial charge in [0.05, 0.1) is 6.54 Å². The van der Waals surface area contributed by atoms with E-state index in [1.54, 1.807) is 18.2 Å². The molecule has 1 aromatic heterocycles. The number of nitrogens with one attached hydrogen (secondary N) is 1. The van der Waals surface area contributed by atoms with E-state index in [-0.39, 0.29) is 12.5 Å². The van der Waals surface area contributed by atoms with Gasteiger partial charge in [-0.3, -0.25) is 4.79 Å². The molecule has 5 nitrogen and oxygen atoms in total.